The molecule has 0 aromatic heterocycles. The summed E-state index contributed by atoms with van der Waals surface area (Å²) >= 11 is 0. The minimum absolute atomic E-state index is 0.145. The van der Waals surface area contributed by atoms with Crippen LogP contribution in [0.15, 0.2) is 24.3 Å². The number of ketones is 1. The van der Waals surface area contributed by atoms with Crippen molar-refractivity contribution in [2.75, 3.05) is 20.2 Å². The molecular weight excluding hydrogens is 250 g/mol. The number of benzene rings is 1. The van der Waals surface area contributed by atoms with E-state index in [4.69, 9.17) is 4.74 Å². The molecule has 1 aromatic carbocycles. The van der Waals surface area contributed by atoms with E-state index in [-0.39, 0.29) is 11.2 Å². The molecule has 0 fully saturated rings. The third kappa shape index (κ3) is 4.64. The molecule has 1 unspecified atom stereocenters. The van der Waals surface area contributed by atoms with Gasteiger partial charge in [-0.2, -0.15) is 0 Å². The first kappa shape index (κ1) is 16.7. The summed E-state index contributed by atoms with van der Waals surface area (Å²) in [5, 5.41) is 0. The van der Waals surface area contributed by atoms with Gasteiger partial charge in [-0.15, -0.1) is 0 Å². The Kier molecular flexibility index (Phi) is 5.75. The zero-order valence-electron chi connectivity index (χ0n) is 13.6. The SMILES string of the molecule is CCOc1ccc(C(=O)CN(C)C(C)C(C)(C)C)cc1. The maximum absolute atomic E-state index is 12.3. The Morgan fingerprint density at radius 1 is 1.25 bits per heavy atom. The standard InChI is InChI=1S/C17H27NO2/c1-7-20-15-10-8-14(9-11-15)16(19)12-18(6)13(2)17(3,4)5/h8-11,13H,7,12H2,1-6H3. The normalized spacial score (nSPS) is 13.3. The zero-order valence-corrected chi connectivity index (χ0v) is 13.6. The summed E-state index contributed by atoms with van der Waals surface area (Å²) < 4.78 is 5.38. The van der Waals surface area contributed by atoms with Crippen LogP contribution in [0, 0.1) is 5.41 Å². The largest absolute Gasteiger partial charge is 0.494 e. The minimum atomic E-state index is 0.145. The lowest BCUT2D eigenvalue weighted by Gasteiger charge is -2.34. The lowest BCUT2D eigenvalue weighted by atomic mass is 9.87. The lowest BCUT2D eigenvalue weighted by Crippen LogP contribution is -2.41. The molecule has 0 aliphatic heterocycles. The number of Topliss-reactive ketones (excluding diaryl/α,β-unsaturated/α-hetero) is 1. The summed E-state index contributed by atoms with van der Waals surface area (Å²) in [5.74, 6) is 0.951. The highest BCUT2D eigenvalue weighted by molar-refractivity contribution is 5.97. The summed E-state index contributed by atoms with van der Waals surface area (Å²) in [4.78, 5) is 14.4. The van der Waals surface area contributed by atoms with Gasteiger partial charge in [0.2, 0.25) is 0 Å². The van der Waals surface area contributed by atoms with Crippen molar-refractivity contribution < 1.29 is 9.53 Å². The number of carbonyl (C=O) groups excluding carboxylic acids is 1. The molecule has 3 nitrogen and oxygen atoms in total. The molecule has 0 saturated heterocycles. The summed E-state index contributed by atoms with van der Waals surface area (Å²) in [6.45, 7) is 11.7. The van der Waals surface area contributed by atoms with Gasteiger partial charge >= 0.3 is 0 Å². The van der Waals surface area contributed by atoms with E-state index in [1.807, 2.05) is 38.2 Å². The Balaban J connectivity index is 2.66. The molecule has 0 N–H and O–H groups in total. The predicted molar refractivity (Wildman–Crippen MR) is 83.5 cm³/mol. The van der Waals surface area contributed by atoms with Crippen molar-refractivity contribution in [1.82, 2.24) is 4.90 Å². The van der Waals surface area contributed by atoms with Gasteiger partial charge in [0.25, 0.3) is 0 Å². The van der Waals surface area contributed by atoms with Gasteiger partial charge in [0.15, 0.2) is 5.78 Å². The van der Waals surface area contributed by atoms with Crippen LogP contribution in [-0.2, 0) is 0 Å². The average Bonchev–Trinajstić information content (AvgIpc) is 2.37. The van der Waals surface area contributed by atoms with E-state index < -0.39 is 0 Å². The van der Waals surface area contributed by atoms with Crippen molar-refractivity contribution >= 4 is 5.78 Å². The van der Waals surface area contributed by atoms with E-state index >= 15 is 0 Å². The van der Waals surface area contributed by atoms with Gasteiger partial charge in [0.1, 0.15) is 5.75 Å². The lowest BCUT2D eigenvalue weighted by molar-refractivity contribution is 0.0853. The molecular formula is C17H27NO2. The first-order valence-corrected chi connectivity index (χ1v) is 7.22. The second kappa shape index (κ2) is 6.89. The van der Waals surface area contributed by atoms with Gasteiger partial charge in [0.05, 0.1) is 13.2 Å². The average molecular weight is 277 g/mol. The molecule has 112 valence electrons. The van der Waals surface area contributed by atoms with Crippen molar-refractivity contribution in [3.05, 3.63) is 29.8 Å². The topological polar surface area (TPSA) is 29.5 Å². The molecule has 1 atom stereocenters. The van der Waals surface area contributed by atoms with Gasteiger partial charge in [-0.05, 0) is 50.6 Å². The maximum atomic E-state index is 12.3. The molecule has 20 heavy (non-hydrogen) atoms. The van der Waals surface area contributed by atoms with Gasteiger partial charge in [-0.3, -0.25) is 9.69 Å². The van der Waals surface area contributed by atoms with Gasteiger partial charge < -0.3 is 4.74 Å². The Morgan fingerprint density at radius 3 is 2.25 bits per heavy atom. The second-order valence-electron chi connectivity index (χ2n) is 6.34. The van der Waals surface area contributed by atoms with Gasteiger partial charge in [0, 0.05) is 11.6 Å². The summed E-state index contributed by atoms with van der Waals surface area (Å²) in [5.41, 5.74) is 0.898. The van der Waals surface area contributed by atoms with Crippen molar-refractivity contribution in [2.24, 2.45) is 5.41 Å². The fourth-order valence-electron chi connectivity index (χ4n) is 2.02. The fourth-order valence-corrected chi connectivity index (χ4v) is 2.02. The van der Waals surface area contributed by atoms with E-state index in [2.05, 4.69) is 32.6 Å². The molecule has 1 rings (SSSR count). The first-order chi connectivity index (χ1) is 9.25. The van der Waals surface area contributed by atoms with Crippen LogP contribution < -0.4 is 4.74 Å². The molecule has 0 aliphatic rings. The summed E-state index contributed by atoms with van der Waals surface area (Å²) in [7, 11) is 2.00. The highest BCUT2D eigenvalue weighted by atomic mass is 16.5. The van der Waals surface area contributed by atoms with Crippen LogP contribution in [-0.4, -0.2) is 36.9 Å². The molecule has 0 heterocycles. The number of carbonyl (C=O) groups is 1. The van der Waals surface area contributed by atoms with Gasteiger partial charge in [-0.25, -0.2) is 0 Å². The van der Waals surface area contributed by atoms with Crippen LogP contribution in [0.1, 0.15) is 45.0 Å². The third-order valence-corrected chi connectivity index (χ3v) is 3.79. The molecule has 0 radical (unpaired) electrons. The van der Waals surface area contributed by atoms with E-state index in [0.717, 1.165) is 11.3 Å². The number of rotatable bonds is 6. The number of ether oxygens (including phenoxy) is 1. The Hall–Kier alpha value is -1.35. The Bertz CT molecular complexity index is 431. The van der Waals surface area contributed by atoms with Crippen molar-refractivity contribution in [3.63, 3.8) is 0 Å². The van der Waals surface area contributed by atoms with E-state index in [1.165, 1.54) is 0 Å². The Morgan fingerprint density at radius 2 is 1.80 bits per heavy atom. The van der Waals surface area contributed by atoms with Crippen molar-refractivity contribution in [1.29, 1.82) is 0 Å². The monoisotopic (exact) mass is 277 g/mol. The van der Waals surface area contributed by atoms with Crippen LogP contribution in [0.4, 0.5) is 0 Å². The van der Waals surface area contributed by atoms with Crippen LogP contribution >= 0.6 is 0 Å². The van der Waals surface area contributed by atoms with Crippen LogP contribution in [0.25, 0.3) is 0 Å². The number of hydrogen-bond donors (Lipinski definition) is 0. The summed E-state index contributed by atoms with van der Waals surface area (Å²) in [6.07, 6.45) is 0. The highest BCUT2D eigenvalue weighted by Gasteiger charge is 2.25. The first-order valence-electron chi connectivity index (χ1n) is 7.22. The van der Waals surface area contributed by atoms with Crippen molar-refractivity contribution in [2.45, 2.75) is 40.7 Å². The predicted octanol–water partition coefficient (Wildman–Crippen LogP) is 3.63. The third-order valence-electron chi connectivity index (χ3n) is 3.79. The summed E-state index contributed by atoms with van der Waals surface area (Å²) in [6, 6.07) is 7.72. The number of likely N-dealkylation sites (N-methyl/N-ethyl adjacent to an activating group) is 1. The fraction of sp³-hybridized carbons (Fsp3) is 0.588. The highest BCUT2D eigenvalue weighted by Crippen LogP contribution is 2.23. The molecule has 0 spiro atoms. The molecule has 0 amide bonds. The van der Waals surface area contributed by atoms with E-state index in [1.54, 1.807) is 0 Å². The molecule has 0 saturated carbocycles. The second-order valence-corrected chi connectivity index (χ2v) is 6.34. The Labute approximate surface area is 122 Å². The number of nitrogens with zero attached hydrogens (tertiary/aromatic N) is 1. The van der Waals surface area contributed by atoms with E-state index in [9.17, 15) is 4.79 Å². The van der Waals surface area contributed by atoms with Gasteiger partial charge in [-0.1, -0.05) is 20.8 Å². The quantitative estimate of drug-likeness (QED) is 0.744. The zero-order chi connectivity index (χ0) is 15.3. The van der Waals surface area contributed by atoms with E-state index in [0.29, 0.717) is 19.2 Å². The molecule has 0 aliphatic carbocycles. The maximum Gasteiger partial charge on any atom is 0.176 e. The molecule has 0 bridgehead atoms. The number of hydrogen-bond acceptors (Lipinski definition) is 3. The van der Waals surface area contributed by atoms with Crippen LogP contribution in [0.3, 0.4) is 0 Å². The van der Waals surface area contributed by atoms with Crippen LogP contribution in [0.5, 0.6) is 5.75 Å². The molecule has 3 heteroatoms. The van der Waals surface area contributed by atoms with Crippen molar-refractivity contribution in [3.8, 4) is 5.75 Å². The van der Waals surface area contributed by atoms with Crippen LogP contribution in [0.2, 0.25) is 0 Å². The smallest absolute Gasteiger partial charge is 0.176 e. The minimum Gasteiger partial charge on any atom is -0.494 e. The molecule has 1 aromatic rings.